The quantitative estimate of drug-likeness (QED) is 0.752. The van der Waals surface area contributed by atoms with Gasteiger partial charge in [0, 0.05) is 38.2 Å². The largest absolute Gasteiger partial charge is 0.383 e. The van der Waals surface area contributed by atoms with Crippen LogP contribution in [-0.4, -0.2) is 49.0 Å². The molecule has 0 radical (unpaired) electrons. The maximum atomic E-state index is 13.0. The van der Waals surface area contributed by atoms with Gasteiger partial charge in [0.1, 0.15) is 0 Å². The Hall–Kier alpha value is -2.71. The summed E-state index contributed by atoms with van der Waals surface area (Å²) >= 11 is 0. The number of rotatable bonds is 7. The molecule has 0 aliphatic carbocycles. The Kier molecular flexibility index (Phi) is 5.87. The highest BCUT2D eigenvalue weighted by molar-refractivity contribution is 6.00. The van der Waals surface area contributed by atoms with E-state index in [9.17, 15) is 9.59 Å². The van der Waals surface area contributed by atoms with Crippen molar-refractivity contribution in [3.8, 4) is 0 Å². The summed E-state index contributed by atoms with van der Waals surface area (Å²) < 4.78 is 12.8. The Labute approximate surface area is 176 Å². The third kappa shape index (κ3) is 3.97. The molecule has 0 spiro atoms. The Morgan fingerprint density at radius 2 is 2.27 bits per heavy atom. The van der Waals surface area contributed by atoms with E-state index < -0.39 is 0 Å². The number of hydrogen-bond donors (Lipinski definition) is 1. The van der Waals surface area contributed by atoms with Crippen molar-refractivity contribution in [2.24, 2.45) is 5.92 Å². The van der Waals surface area contributed by atoms with E-state index in [1.807, 2.05) is 31.3 Å². The first-order valence-electron chi connectivity index (χ1n) is 10.3. The van der Waals surface area contributed by atoms with Crippen LogP contribution in [0.3, 0.4) is 0 Å². The minimum absolute atomic E-state index is 0.0247. The maximum absolute atomic E-state index is 13.0. The van der Waals surface area contributed by atoms with Gasteiger partial charge in [0.15, 0.2) is 0 Å². The van der Waals surface area contributed by atoms with Crippen molar-refractivity contribution >= 4 is 17.5 Å². The van der Waals surface area contributed by atoms with Gasteiger partial charge in [-0.2, -0.15) is 5.10 Å². The molecule has 30 heavy (non-hydrogen) atoms. The number of carbonyl (C=O) groups excluding carboxylic acids is 2. The van der Waals surface area contributed by atoms with Crippen LogP contribution >= 0.6 is 0 Å². The molecular weight excluding hydrogens is 384 g/mol. The highest BCUT2D eigenvalue weighted by Gasteiger charge is 2.36. The summed E-state index contributed by atoms with van der Waals surface area (Å²) in [4.78, 5) is 26.6. The van der Waals surface area contributed by atoms with E-state index >= 15 is 0 Å². The van der Waals surface area contributed by atoms with Crippen LogP contribution in [0.25, 0.3) is 0 Å². The fourth-order valence-corrected chi connectivity index (χ4v) is 4.18. The summed E-state index contributed by atoms with van der Waals surface area (Å²) in [5.41, 5.74) is 3.85. The minimum Gasteiger partial charge on any atom is -0.383 e. The summed E-state index contributed by atoms with van der Waals surface area (Å²) in [6.07, 6.45) is 4.48. The molecule has 4 rings (SSSR count). The van der Waals surface area contributed by atoms with E-state index in [1.165, 1.54) is 0 Å². The zero-order valence-electron chi connectivity index (χ0n) is 17.6. The Bertz CT molecular complexity index is 941. The first-order valence-corrected chi connectivity index (χ1v) is 10.3. The highest BCUT2D eigenvalue weighted by Crippen LogP contribution is 2.35. The molecule has 2 aliphatic rings. The van der Waals surface area contributed by atoms with E-state index in [2.05, 4.69) is 10.4 Å². The second-order valence-electron chi connectivity index (χ2n) is 7.96. The van der Waals surface area contributed by atoms with Crippen LogP contribution in [0.15, 0.2) is 30.6 Å². The normalized spacial score (nSPS) is 21.7. The molecule has 0 unspecified atom stereocenters. The van der Waals surface area contributed by atoms with Crippen LogP contribution in [0, 0.1) is 5.92 Å². The molecular formula is C22H28N4O4. The number of amides is 2. The first kappa shape index (κ1) is 20.6. The number of hydrogen-bond acceptors (Lipinski definition) is 5. The second kappa shape index (κ2) is 8.57. The van der Waals surface area contributed by atoms with Gasteiger partial charge in [0.05, 0.1) is 43.8 Å². The molecule has 0 bridgehead atoms. The lowest BCUT2D eigenvalue weighted by atomic mass is 9.95. The molecule has 1 aromatic heterocycles. The summed E-state index contributed by atoms with van der Waals surface area (Å²) in [6, 6.07) is 5.79. The number of aromatic nitrogens is 2. The van der Waals surface area contributed by atoms with Crippen molar-refractivity contribution in [3.05, 3.63) is 47.3 Å². The number of carbonyl (C=O) groups is 2. The van der Waals surface area contributed by atoms with Gasteiger partial charge in [-0.15, -0.1) is 0 Å². The number of nitrogens with one attached hydrogen (secondary N) is 1. The van der Waals surface area contributed by atoms with E-state index in [1.54, 1.807) is 29.9 Å². The fourth-order valence-electron chi connectivity index (χ4n) is 4.18. The van der Waals surface area contributed by atoms with E-state index in [4.69, 9.17) is 9.47 Å². The zero-order chi connectivity index (χ0) is 21.3. The summed E-state index contributed by atoms with van der Waals surface area (Å²) in [5.74, 6) is -0.186. The van der Waals surface area contributed by atoms with Crippen LogP contribution in [0.4, 0.5) is 5.69 Å². The van der Waals surface area contributed by atoms with Crippen molar-refractivity contribution in [3.63, 3.8) is 0 Å². The molecule has 1 aromatic carbocycles. The second-order valence-corrected chi connectivity index (χ2v) is 7.96. The van der Waals surface area contributed by atoms with Gasteiger partial charge in [-0.05, 0) is 30.5 Å². The molecule has 160 valence electrons. The summed E-state index contributed by atoms with van der Waals surface area (Å²) in [7, 11) is 3.44. The van der Waals surface area contributed by atoms with Crippen LogP contribution in [0.1, 0.15) is 42.2 Å². The van der Waals surface area contributed by atoms with E-state index in [0.29, 0.717) is 32.6 Å². The fraction of sp³-hybridized carbons (Fsp3) is 0.500. The van der Waals surface area contributed by atoms with Gasteiger partial charge in [-0.3, -0.25) is 14.3 Å². The lowest BCUT2D eigenvalue weighted by Crippen LogP contribution is -2.34. The SMILES string of the molecule is COCCn1cc([C@H]2OCC[C@@H]2C(=O)N[C@H](C)c2ccc3c(c2)CC(=O)N3C)cn1. The molecule has 2 aliphatic heterocycles. The molecule has 1 saturated heterocycles. The van der Waals surface area contributed by atoms with Gasteiger partial charge in [0.2, 0.25) is 11.8 Å². The standard InChI is InChI=1S/C22H28N4O4/c1-14(15-4-5-19-16(10-15)11-20(27)25(19)2)24-22(28)18-6-8-30-21(18)17-12-23-26(13-17)7-9-29-3/h4-5,10,12-14,18,21H,6-9,11H2,1-3H3,(H,24,28)/t14-,18+,21-/m1/s1. The third-order valence-electron chi connectivity index (χ3n) is 5.97. The number of anilines is 1. The van der Waals surface area contributed by atoms with Gasteiger partial charge in [-0.25, -0.2) is 0 Å². The molecule has 3 atom stereocenters. The number of nitrogens with zero attached hydrogens (tertiary/aromatic N) is 3. The third-order valence-corrected chi connectivity index (χ3v) is 5.97. The molecule has 2 aromatic rings. The van der Waals surface area contributed by atoms with E-state index in [0.717, 1.165) is 22.4 Å². The van der Waals surface area contributed by atoms with Gasteiger partial charge >= 0.3 is 0 Å². The van der Waals surface area contributed by atoms with Gasteiger partial charge in [0.25, 0.3) is 0 Å². The van der Waals surface area contributed by atoms with Crippen LogP contribution in [0.5, 0.6) is 0 Å². The van der Waals surface area contributed by atoms with Crippen molar-refractivity contribution in [1.82, 2.24) is 15.1 Å². The predicted octanol–water partition coefficient (Wildman–Crippen LogP) is 2.00. The van der Waals surface area contributed by atoms with Crippen LogP contribution in [0.2, 0.25) is 0 Å². The number of methoxy groups -OCH3 is 1. The predicted molar refractivity (Wildman–Crippen MR) is 111 cm³/mol. The van der Waals surface area contributed by atoms with Crippen molar-refractivity contribution in [2.75, 3.05) is 32.3 Å². The Morgan fingerprint density at radius 3 is 3.07 bits per heavy atom. The summed E-state index contributed by atoms with van der Waals surface area (Å²) in [5, 5.41) is 7.47. The molecule has 0 saturated carbocycles. The lowest BCUT2D eigenvalue weighted by molar-refractivity contribution is -0.127. The molecule has 3 heterocycles. The number of fused-ring (bicyclic) bond motifs is 1. The average molecular weight is 412 g/mol. The first-order chi connectivity index (χ1) is 14.5. The smallest absolute Gasteiger partial charge is 0.231 e. The molecule has 1 N–H and O–H groups in total. The van der Waals surface area contributed by atoms with Crippen LogP contribution in [-0.2, 0) is 32.0 Å². The van der Waals surface area contributed by atoms with Gasteiger partial charge in [-0.1, -0.05) is 12.1 Å². The molecule has 8 heteroatoms. The Morgan fingerprint density at radius 1 is 1.43 bits per heavy atom. The molecule has 1 fully saturated rings. The van der Waals surface area contributed by atoms with Crippen molar-refractivity contribution < 1.29 is 19.1 Å². The number of ether oxygens (including phenoxy) is 2. The Balaban J connectivity index is 1.42. The monoisotopic (exact) mass is 412 g/mol. The molecule has 2 amide bonds. The number of benzene rings is 1. The maximum Gasteiger partial charge on any atom is 0.231 e. The van der Waals surface area contributed by atoms with Crippen molar-refractivity contribution in [1.29, 1.82) is 0 Å². The minimum atomic E-state index is -0.292. The van der Waals surface area contributed by atoms with E-state index in [-0.39, 0.29) is 29.9 Å². The zero-order valence-corrected chi connectivity index (χ0v) is 17.6. The van der Waals surface area contributed by atoms with Crippen LogP contribution < -0.4 is 10.2 Å². The van der Waals surface area contributed by atoms with Gasteiger partial charge < -0.3 is 19.7 Å². The highest BCUT2D eigenvalue weighted by atomic mass is 16.5. The summed E-state index contributed by atoms with van der Waals surface area (Å²) in [6.45, 7) is 3.75. The number of likely N-dealkylation sites (N-methyl/N-ethyl adjacent to an activating group) is 1. The van der Waals surface area contributed by atoms with Crippen molar-refractivity contribution in [2.45, 2.75) is 38.5 Å². The average Bonchev–Trinajstić information content (AvgIpc) is 3.45. The molecule has 8 nitrogen and oxygen atoms in total. The lowest BCUT2D eigenvalue weighted by Gasteiger charge is -2.21. The topological polar surface area (TPSA) is 85.7 Å².